The van der Waals surface area contributed by atoms with Gasteiger partial charge in [0.2, 0.25) is 0 Å². The summed E-state index contributed by atoms with van der Waals surface area (Å²) in [5.41, 5.74) is 7.58. The molecule has 1 heterocycles. The first kappa shape index (κ1) is 13.1. The Morgan fingerprint density at radius 1 is 1.10 bits per heavy atom. The summed E-state index contributed by atoms with van der Waals surface area (Å²) in [6.07, 6.45) is 3.11. The van der Waals surface area contributed by atoms with Crippen LogP contribution in [0.1, 0.15) is 15.9 Å². The molecule has 0 bridgehead atoms. The molecule has 21 heavy (non-hydrogen) atoms. The maximum absolute atomic E-state index is 11.4. The average Bonchev–Trinajstić information content (AvgIpc) is 2.53. The van der Waals surface area contributed by atoms with Crippen molar-refractivity contribution in [3.63, 3.8) is 0 Å². The predicted octanol–water partition coefficient (Wildman–Crippen LogP) is 2.95. The molecule has 0 aliphatic rings. The highest BCUT2D eigenvalue weighted by Crippen LogP contribution is 2.18. The van der Waals surface area contributed by atoms with Crippen LogP contribution in [-0.2, 0) is 6.54 Å². The van der Waals surface area contributed by atoms with Gasteiger partial charge in [-0.15, -0.1) is 0 Å². The fraction of sp³-hybridized carbons (Fsp3) is 0.0588. The van der Waals surface area contributed by atoms with Crippen molar-refractivity contribution in [1.82, 2.24) is 4.98 Å². The number of nitrogens with zero attached hydrogens (tertiary/aromatic N) is 1. The van der Waals surface area contributed by atoms with Crippen LogP contribution in [0.4, 0.5) is 5.69 Å². The fourth-order valence-corrected chi connectivity index (χ4v) is 2.29. The number of nitrogens with one attached hydrogen (secondary N) is 1. The highest BCUT2D eigenvalue weighted by Gasteiger charge is 2.07. The number of rotatable bonds is 4. The number of hydrogen-bond donors (Lipinski definition) is 2. The predicted molar refractivity (Wildman–Crippen MR) is 84.0 cm³/mol. The molecule has 1 aromatic heterocycles. The molecule has 0 aliphatic heterocycles. The van der Waals surface area contributed by atoms with E-state index in [0.717, 1.165) is 5.56 Å². The number of carbonyl (C=O) groups excluding carboxylic acids is 1. The number of aromatic nitrogens is 1. The van der Waals surface area contributed by atoms with Crippen LogP contribution in [0, 0.1) is 0 Å². The molecule has 0 atom stereocenters. The third-order valence-electron chi connectivity index (χ3n) is 3.38. The largest absolute Gasteiger partial charge is 0.380 e. The van der Waals surface area contributed by atoms with Crippen LogP contribution in [0.3, 0.4) is 0 Å². The van der Waals surface area contributed by atoms with Crippen LogP contribution < -0.4 is 11.1 Å². The van der Waals surface area contributed by atoms with Gasteiger partial charge in [-0.05, 0) is 28.5 Å². The first-order chi connectivity index (χ1) is 10.2. The Morgan fingerprint density at radius 3 is 2.71 bits per heavy atom. The molecule has 3 aromatic rings. The molecule has 2 aromatic carbocycles. The Hall–Kier alpha value is -2.88. The minimum absolute atomic E-state index is 0.401. The van der Waals surface area contributed by atoms with Crippen molar-refractivity contribution in [3.05, 3.63) is 72.1 Å². The zero-order valence-electron chi connectivity index (χ0n) is 11.4. The van der Waals surface area contributed by atoms with E-state index >= 15 is 0 Å². The van der Waals surface area contributed by atoms with Crippen molar-refractivity contribution in [1.29, 1.82) is 0 Å². The second-order valence-corrected chi connectivity index (χ2v) is 4.82. The summed E-state index contributed by atoms with van der Waals surface area (Å²) in [4.78, 5) is 15.3. The molecule has 0 spiro atoms. The SMILES string of the molecule is NC(=O)c1cnccc1NCc1ccc2ccccc2c1. The Kier molecular flexibility index (Phi) is 3.51. The molecule has 0 aliphatic carbocycles. The molecular weight excluding hydrogens is 262 g/mol. The van der Waals surface area contributed by atoms with Crippen molar-refractivity contribution in [2.75, 3.05) is 5.32 Å². The quantitative estimate of drug-likeness (QED) is 0.770. The molecule has 0 radical (unpaired) electrons. The molecule has 0 saturated heterocycles. The number of anilines is 1. The molecular formula is C17H15N3O. The number of amides is 1. The summed E-state index contributed by atoms with van der Waals surface area (Å²) in [6.45, 7) is 0.620. The van der Waals surface area contributed by atoms with Gasteiger partial charge in [0.15, 0.2) is 0 Å². The van der Waals surface area contributed by atoms with Crippen molar-refractivity contribution < 1.29 is 4.79 Å². The maximum atomic E-state index is 11.4. The number of pyridine rings is 1. The lowest BCUT2D eigenvalue weighted by Crippen LogP contribution is -2.14. The zero-order valence-corrected chi connectivity index (χ0v) is 11.4. The lowest BCUT2D eigenvalue weighted by molar-refractivity contribution is 0.100. The Labute approximate surface area is 122 Å². The van der Waals surface area contributed by atoms with E-state index < -0.39 is 5.91 Å². The minimum Gasteiger partial charge on any atom is -0.380 e. The average molecular weight is 277 g/mol. The van der Waals surface area contributed by atoms with Crippen LogP contribution in [0.2, 0.25) is 0 Å². The van der Waals surface area contributed by atoms with Crippen molar-refractivity contribution in [2.24, 2.45) is 5.73 Å². The van der Waals surface area contributed by atoms with Gasteiger partial charge in [0.1, 0.15) is 0 Å². The summed E-state index contributed by atoms with van der Waals surface area (Å²) in [5, 5.41) is 5.64. The molecule has 4 heteroatoms. The number of hydrogen-bond acceptors (Lipinski definition) is 3. The molecule has 0 unspecified atom stereocenters. The van der Waals surface area contributed by atoms with Gasteiger partial charge in [-0.25, -0.2) is 0 Å². The van der Waals surface area contributed by atoms with Crippen LogP contribution >= 0.6 is 0 Å². The standard InChI is InChI=1S/C17H15N3O/c18-17(21)15-11-19-8-7-16(15)20-10-12-5-6-13-3-1-2-4-14(13)9-12/h1-9,11H,10H2,(H2,18,21)(H,19,20). The van der Waals surface area contributed by atoms with E-state index in [-0.39, 0.29) is 0 Å². The summed E-state index contributed by atoms with van der Waals surface area (Å²) < 4.78 is 0. The number of fused-ring (bicyclic) bond motifs is 1. The van der Waals surface area contributed by atoms with Crippen molar-refractivity contribution >= 4 is 22.4 Å². The van der Waals surface area contributed by atoms with E-state index in [1.165, 1.54) is 17.0 Å². The molecule has 1 amide bonds. The Morgan fingerprint density at radius 2 is 1.90 bits per heavy atom. The third kappa shape index (κ3) is 2.84. The van der Waals surface area contributed by atoms with E-state index in [4.69, 9.17) is 5.73 Å². The highest BCUT2D eigenvalue weighted by molar-refractivity contribution is 5.98. The van der Waals surface area contributed by atoms with Crippen LogP contribution in [0.5, 0.6) is 0 Å². The van der Waals surface area contributed by atoms with Gasteiger partial charge in [0, 0.05) is 18.9 Å². The second kappa shape index (κ2) is 5.63. The van der Waals surface area contributed by atoms with E-state index in [0.29, 0.717) is 17.8 Å². The van der Waals surface area contributed by atoms with E-state index in [1.54, 1.807) is 12.3 Å². The Balaban J connectivity index is 1.82. The summed E-state index contributed by atoms with van der Waals surface area (Å²) in [7, 11) is 0. The first-order valence-corrected chi connectivity index (χ1v) is 6.69. The topological polar surface area (TPSA) is 68.0 Å². The van der Waals surface area contributed by atoms with E-state index in [9.17, 15) is 4.79 Å². The van der Waals surface area contributed by atoms with Crippen LogP contribution in [0.25, 0.3) is 10.8 Å². The molecule has 4 nitrogen and oxygen atoms in total. The number of benzene rings is 2. The summed E-state index contributed by atoms with van der Waals surface area (Å²) >= 11 is 0. The second-order valence-electron chi connectivity index (χ2n) is 4.82. The molecule has 3 rings (SSSR count). The monoisotopic (exact) mass is 277 g/mol. The molecule has 0 saturated carbocycles. The number of nitrogens with two attached hydrogens (primary N) is 1. The van der Waals surface area contributed by atoms with Crippen LogP contribution in [-0.4, -0.2) is 10.9 Å². The van der Waals surface area contributed by atoms with Gasteiger partial charge in [0.25, 0.3) is 5.91 Å². The van der Waals surface area contributed by atoms with E-state index in [1.807, 2.05) is 12.1 Å². The zero-order chi connectivity index (χ0) is 14.7. The van der Waals surface area contributed by atoms with Gasteiger partial charge < -0.3 is 11.1 Å². The maximum Gasteiger partial charge on any atom is 0.252 e. The van der Waals surface area contributed by atoms with Gasteiger partial charge in [-0.1, -0.05) is 36.4 Å². The molecule has 0 fully saturated rings. The minimum atomic E-state index is -0.482. The highest BCUT2D eigenvalue weighted by atomic mass is 16.1. The van der Waals surface area contributed by atoms with Crippen molar-refractivity contribution in [3.8, 4) is 0 Å². The first-order valence-electron chi connectivity index (χ1n) is 6.69. The lowest BCUT2D eigenvalue weighted by atomic mass is 10.1. The van der Waals surface area contributed by atoms with Crippen LogP contribution in [0.15, 0.2) is 60.9 Å². The van der Waals surface area contributed by atoms with Gasteiger partial charge in [-0.2, -0.15) is 0 Å². The van der Waals surface area contributed by atoms with Gasteiger partial charge >= 0.3 is 0 Å². The summed E-state index contributed by atoms with van der Waals surface area (Å²) in [6, 6.07) is 16.3. The Bertz CT molecular complexity index is 799. The number of carbonyl (C=O) groups is 1. The molecule has 104 valence electrons. The van der Waals surface area contributed by atoms with E-state index in [2.05, 4.69) is 40.6 Å². The fourth-order valence-electron chi connectivity index (χ4n) is 2.29. The van der Waals surface area contributed by atoms with Crippen molar-refractivity contribution in [2.45, 2.75) is 6.54 Å². The number of primary amides is 1. The normalized spacial score (nSPS) is 10.5. The third-order valence-corrected chi connectivity index (χ3v) is 3.38. The lowest BCUT2D eigenvalue weighted by Gasteiger charge is -2.10. The molecule has 3 N–H and O–H groups in total. The van der Waals surface area contributed by atoms with Gasteiger partial charge in [0.05, 0.1) is 11.3 Å². The smallest absolute Gasteiger partial charge is 0.252 e. The summed E-state index contributed by atoms with van der Waals surface area (Å²) in [5.74, 6) is -0.482. The van der Waals surface area contributed by atoms with Gasteiger partial charge in [-0.3, -0.25) is 9.78 Å².